The smallest absolute Gasteiger partial charge is 0.407 e. The van der Waals surface area contributed by atoms with Gasteiger partial charge in [-0.25, -0.2) is 4.79 Å². The number of hydrogen-bond acceptors (Lipinski definition) is 4. The van der Waals surface area contributed by atoms with Gasteiger partial charge < -0.3 is 20.1 Å². The molecule has 166 valence electrons. The van der Waals surface area contributed by atoms with Gasteiger partial charge in [0, 0.05) is 19.0 Å². The Kier molecular flexibility index (Phi) is 5.12. The molecule has 1 saturated carbocycles. The van der Waals surface area contributed by atoms with E-state index >= 15 is 0 Å². The van der Waals surface area contributed by atoms with E-state index in [4.69, 9.17) is 9.84 Å². The van der Waals surface area contributed by atoms with Crippen LogP contribution in [0.1, 0.15) is 30.4 Å². The number of hydrogen-bond donors (Lipinski definition) is 2. The number of ether oxygens (including phenoxy) is 1. The molecule has 2 aliphatic carbocycles. The molecule has 3 aliphatic rings. The second-order valence-electron chi connectivity index (χ2n) is 8.87. The monoisotopic (exact) mass is 434 g/mol. The van der Waals surface area contributed by atoms with Crippen molar-refractivity contribution in [1.29, 1.82) is 0 Å². The Balaban J connectivity index is 1.19. The number of fused-ring (bicyclic) bond motifs is 4. The first-order valence-electron chi connectivity index (χ1n) is 11.1. The van der Waals surface area contributed by atoms with E-state index in [2.05, 4.69) is 29.6 Å². The fraction of sp³-hybridized carbons (Fsp3) is 0.400. The second kappa shape index (κ2) is 7.97. The summed E-state index contributed by atoms with van der Waals surface area (Å²) in [4.78, 5) is 38.2. The van der Waals surface area contributed by atoms with E-state index in [-0.39, 0.29) is 36.2 Å². The van der Waals surface area contributed by atoms with E-state index in [0.717, 1.165) is 22.3 Å². The van der Waals surface area contributed by atoms with E-state index in [1.165, 1.54) is 0 Å². The molecule has 0 bridgehead atoms. The summed E-state index contributed by atoms with van der Waals surface area (Å²) in [6, 6.07) is 15.6. The van der Waals surface area contributed by atoms with Crippen molar-refractivity contribution in [2.75, 3.05) is 19.7 Å². The SMILES string of the molecule is CCC(NC(=O)OCC1c2ccccc2-c2ccccc21)C(=O)N1C[C@@H]2C(C(=O)O)[C@@H]2C1. The van der Waals surface area contributed by atoms with E-state index in [1.54, 1.807) is 4.90 Å². The number of likely N-dealkylation sites (tertiary alicyclic amines) is 1. The van der Waals surface area contributed by atoms with Gasteiger partial charge in [0.05, 0.1) is 5.92 Å². The van der Waals surface area contributed by atoms with Crippen LogP contribution < -0.4 is 5.32 Å². The van der Waals surface area contributed by atoms with Gasteiger partial charge in [-0.15, -0.1) is 0 Å². The molecule has 7 nitrogen and oxygen atoms in total. The van der Waals surface area contributed by atoms with Gasteiger partial charge in [0.15, 0.2) is 0 Å². The van der Waals surface area contributed by atoms with Crippen LogP contribution in [-0.4, -0.2) is 53.7 Å². The molecule has 7 heteroatoms. The molecule has 32 heavy (non-hydrogen) atoms. The number of piperidine rings is 1. The number of carbonyl (C=O) groups excluding carboxylic acids is 2. The number of amides is 2. The molecule has 2 aromatic rings. The Hall–Kier alpha value is -3.35. The minimum atomic E-state index is -0.782. The molecule has 1 aliphatic heterocycles. The van der Waals surface area contributed by atoms with Crippen molar-refractivity contribution in [2.24, 2.45) is 17.8 Å². The molecule has 2 fully saturated rings. The number of nitrogens with one attached hydrogen (secondary N) is 1. The highest BCUT2D eigenvalue weighted by Gasteiger charge is 2.60. The summed E-state index contributed by atoms with van der Waals surface area (Å²) in [5, 5.41) is 11.9. The maximum absolute atomic E-state index is 12.9. The lowest BCUT2D eigenvalue weighted by Crippen LogP contribution is -2.48. The maximum atomic E-state index is 12.9. The molecular formula is C25H26N2O5. The normalized spacial score (nSPS) is 23.7. The fourth-order valence-electron chi connectivity index (χ4n) is 5.41. The van der Waals surface area contributed by atoms with Crippen LogP contribution in [0.5, 0.6) is 0 Å². The zero-order valence-corrected chi connectivity index (χ0v) is 17.9. The molecular weight excluding hydrogens is 408 g/mol. The van der Waals surface area contributed by atoms with Gasteiger partial charge >= 0.3 is 12.1 Å². The zero-order valence-electron chi connectivity index (χ0n) is 17.9. The molecule has 1 saturated heterocycles. The van der Waals surface area contributed by atoms with Crippen LogP contribution in [0.3, 0.4) is 0 Å². The van der Waals surface area contributed by atoms with Crippen LogP contribution in [0, 0.1) is 17.8 Å². The minimum absolute atomic E-state index is 0.0393. The van der Waals surface area contributed by atoms with Gasteiger partial charge in [0.2, 0.25) is 5.91 Å². The summed E-state index contributed by atoms with van der Waals surface area (Å²) in [6.45, 7) is 2.93. The third-order valence-corrected chi connectivity index (χ3v) is 7.13. The van der Waals surface area contributed by atoms with Crippen LogP contribution in [0.15, 0.2) is 48.5 Å². The first-order valence-corrected chi connectivity index (χ1v) is 11.1. The van der Waals surface area contributed by atoms with Gasteiger partial charge in [0.25, 0.3) is 0 Å². The Morgan fingerprint density at radius 2 is 1.59 bits per heavy atom. The highest BCUT2D eigenvalue weighted by Crippen LogP contribution is 2.51. The lowest BCUT2D eigenvalue weighted by atomic mass is 9.98. The summed E-state index contributed by atoms with van der Waals surface area (Å²) in [5.74, 6) is -1.23. The zero-order chi connectivity index (χ0) is 22.4. The summed E-state index contributed by atoms with van der Waals surface area (Å²) < 4.78 is 5.56. The first-order chi connectivity index (χ1) is 15.5. The number of carbonyl (C=O) groups is 3. The maximum Gasteiger partial charge on any atom is 0.407 e. The molecule has 0 radical (unpaired) electrons. The first kappa shape index (κ1) is 20.5. The predicted octanol–water partition coefficient (Wildman–Crippen LogP) is 3.09. The average molecular weight is 434 g/mol. The topological polar surface area (TPSA) is 95.9 Å². The number of carboxylic acids is 1. The Bertz CT molecular complexity index is 1030. The number of benzene rings is 2. The third kappa shape index (κ3) is 3.42. The molecule has 2 aromatic carbocycles. The number of alkyl carbamates (subject to hydrolysis) is 1. The van der Waals surface area contributed by atoms with E-state index in [9.17, 15) is 14.4 Å². The fourth-order valence-corrected chi connectivity index (χ4v) is 5.41. The highest BCUT2D eigenvalue weighted by atomic mass is 16.5. The van der Waals surface area contributed by atoms with Crippen molar-refractivity contribution in [3.05, 3.63) is 59.7 Å². The van der Waals surface area contributed by atoms with Gasteiger partial charge in [-0.1, -0.05) is 55.5 Å². The molecule has 4 atom stereocenters. The number of aliphatic carboxylic acids is 1. The van der Waals surface area contributed by atoms with Crippen molar-refractivity contribution in [2.45, 2.75) is 25.3 Å². The molecule has 0 aromatic heterocycles. The van der Waals surface area contributed by atoms with Gasteiger partial charge in [0.1, 0.15) is 12.6 Å². The van der Waals surface area contributed by atoms with Crippen molar-refractivity contribution in [3.63, 3.8) is 0 Å². The van der Waals surface area contributed by atoms with Crippen LogP contribution in [-0.2, 0) is 14.3 Å². The molecule has 2 unspecified atom stereocenters. The standard InChI is InChI=1S/C25H26N2O5/c1-2-21(23(28)27-11-18-19(12-27)22(18)24(29)30)26-25(31)32-13-20-16-9-5-3-7-14(16)15-8-4-6-10-17(15)20/h3-10,18-22H,2,11-13H2,1H3,(H,26,31)(H,29,30)/t18-,19+,21?,22?. The Labute approximate surface area is 186 Å². The van der Waals surface area contributed by atoms with Gasteiger partial charge in [-0.3, -0.25) is 9.59 Å². The Morgan fingerprint density at radius 3 is 2.12 bits per heavy atom. The number of rotatable bonds is 6. The molecule has 1 heterocycles. The van der Waals surface area contributed by atoms with E-state index in [1.807, 2.05) is 31.2 Å². The predicted molar refractivity (Wildman–Crippen MR) is 117 cm³/mol. The largest absolute Gasteiger partial charge is 0.481 e. The van der Waals surface area contributed by atoms with E-state index < -0.39 is 18.1 Å². The van der Waals surface area contributed by atoms with Gasteiger partial charge in [-0.2, -0.15) is 0 Å². The summed E-state index contributed by atoms with van der Waals surface area (Å²) in [7, 11) is 0. The lowest BCUT2D eigenvalue weighted by Gasteiger charge is -2.25. The van der Waals surface area contributed by atoms with Crippen molar-refractivity contribution < 1.29 is 24.2 Å². The average Bonchev–Trinajstić information content (AvgIpc) is 3.16. The molecule has 5 rings (SSSR count). The van der Waals surface area contributed by atoms with Gasteiger partial charge in [-0.05, 0) is 40.5 Å². The van der Waals surface area contributed by atoms with E-state index in [0.29, 0.717) is 19.5 Å². The highest BCUT2D eigenvalue weighted by molar-refractivity contribution is 5.87. The van der Waals surface area contributed by atoms with Crippen LogP contribution in [0.25, 0.3) is 11.1 Å². The van der Waals surface area contributed by atoms with Crippen molar-refractivity contribution >= 4 is 18.0 Å². The Morgan fingerprint density at radius 1 is 1.03 bits per heavy atom. The lowest BCUT2D eigenvalue weighted by molar-refractivity contribution is -0.141. The van der Waals surface area contributed by atoms with Crippen LogP contribution >= 0.6 is 0 Å². The van der Waals surface area contributed by atoms with Crippen LogP contribution in [0.4, 0.5) is 4.79 Å². The number of carboxylic acid groups (broad SMARTS) is 1. The van der Waals surface area contributed by atoms with Crippen molar-refractivity contribution in [1.82, 2.24) is 10.2 Å². The summed E-state index contributed by atoms with van der Waals surface area (Å²) >= 11 is 0. The molecule has 0 spiro atoms. The molecule has 2 N–H and O–H groups in total. The molecule has 2 amide bonds. The third-order valence-electron chi connectivity index (χ3n) is 7.13. The van der Waals surface area contributed by atoms with Crippen LogP contribution in [0.2, 0.25) is 0 Å². The number of nitrogens with zero attached hydrogens (tertiary/aromatic N) is 1. The van der Waals surface area contributed by atoms with Crippen molar-refractivity contribution in [3.8, 4) is 11.1 Å². The summed E-state index contributed by atoms with van der Waals surface area (Å²) in [6.07, 6.45) is -0.170. The summed E-state index contributed by atoms with van der Waals surface area (Å²) in [5.41, 5.74) is 4.58. The quantitative estimate of drug-likeness (QED) is 0.728. The second-order valence-corrected chi connectivity index (χ2v) is 8.87. The minimum Gasteiger partial charge on any atom is -0.481 e.